The lowest BCUT2D eigenvalue weighted by Crippen LogP contribution is -2.31. The Labute approximate surface area is 267 Å². The molecule has 44 heavy (non-hydrogen) atoms. The second-order valence-corrected chi connectivity index (χ2v) is 12.3. The van der Waals surface area contributed by atoms with E-state index in [-0.39, 0.29) is 11.2 Å². The highest BCUT2D eigenvalue weighted by molar-refractivity contribution is 5.30. The minimum atomic E-state index is -0.0156. The Hall–Kier alpha value is -2.68. The van der Waals surface area contributed by atoms with Crippen LogP contribution in [0.4, 0.5) is 0 Å². The summed E-state index contributed by atoms with van der Waals surface area (Å²) in [7, 11) is 0. The van der Waals surface area contributed by atoms with E-state index in [0.717, 1.165) is 57.4 Å². The van der Waals surface area contributed by atoms with Gasteiger partial charge in [0.05, 0.1) is 43.0 Å². The largest absolute Gasteiger partial charge is 0.473 e. The molecule has 3 aromatic rings. The van der Waals surface area contributed by atoms with Crippen molar-refractivity contribution in [1.29, 1.82) is 0 Å². The van der Waals surface area contributed by atoms with Gasteiger partial charge in [-0.25, -0.2) is 9.78 Å². The molecule has 6 rings (SSSR count). The molecule has 1 aromatic heterocycles. The van der Waals surface area contributed by atoms with E-state index in [2.05, 4.69) is 62.7 Å². The summed E-state index contributed by atoms with van der Waals surface area (Å²) in [5.41, 5.74) is -0.0312. The van der Waals surface area contributed by atoms with Crippen LogP contribution < -0.4 is 4.74 Å². The minimum Gasteiger partial charge on any atom is -0.473 e. The maximum absolute atomic E-state index is 5.62. The third-order valence-corrected chi connectivity index (χ3v) is 5.53. The van der Waals surface area contributed by atoms with Crippen LogP contribution in [0.5, 0.6) is 11.5 Å². The summed E-state index contributed by atoms with van der Waals surface area (Å²) < 4.78 is 25.9. The topological polar surface area (TPSA) is 68.5 Å². The average molecular weight is 615 g/mol. The van der Waals surface area contributed by atoms with Crippen molar-refractivity contribution in [2.24, 2.45) is 0 Å². The normalized spacial score (nSPS) is 17.3. The van der Waals surface area contributed by atoms with Crippen LogP contribution in [0.3, 0.4) is 0 Å². The average Bonchev–Trinajstić information content (AvgIpc) is 3.82. The van der Waals surface area contributed by atoms with E-state index < -0.39 is 0 Å². The number of hydrogen-bond acceptors (Lipinski definition) is 7. The third-order valence-electron chi connectivity index (χ3n) is 5.53. The van der Waals surface area contributed by atoms with E-state index >= 15 is 0 Å². The fourth-order valence-corrected chi connectivity index (χ4v) is 3.95. The molecule has 3 fully saturated rings. The molecule has 0 saturated carbocycles. The predicted molar refractivity (Wildman–Crippen MR) is 178 cm³/mol. The molecule has 3 aliphatic rings. The van der Waals surface area contributed by atoms with Crippen molar-refractivity contribution in [1.82, 2.24) is 0 Å². The first kappa shape index (κ1) is 39.3. The highest BCUT2D eigenvalue weighted by Crippen LogP contribution is 2.20. The Bertz CT molecular complexity index is 880. The Kier molecular flexibility index (Phi) is 22.0. The zero-order valence-electron chi connectivity index (χ0n) is 28.3. The summed E-state index contributed by atoms with van der Waals surface area (Å²) in [5, 5.41) is 0. The highest BCUT2D eigenvalue weighted by Gasteiger charge is 2.20. The molecular formula is C37H58O7. The van der Waals surface area contributed by atoms with Crippen LogP contribution in [0.1, 0.15) is 87.0 Å². The highest BCUT2D eigenvalue weighted by atomic mass is 17.2. The van der Waals surface area contributed by atoms with Crippen molar-refractivity contribution in [2.45, 2.75) is 104 Å². The fourth-order valence-electron chi connectivity index (χ4n) is 3.95. The van der Waals surface area contributed by atoms with Gasteiger partial charge in [0.25, 0.3) is 0 Å². The van der Waals surface area contributed by atoms with Crippen LogP contribution in [0.15, 0.2) is 89.7 Å². The molecule has 1 unspecified atom stereocenters. The maximum Gasteiger partial charge on any atom is 0.127 e. The van der Waals surface area contributed by atoms with Crippen molar-refractivity contribution in [3.63, 3.8) is 0 Å². The Balaban J connectivity index is 0.000000276. The standard InChI is InChI=1S/C12H10O.C8H18O.C5H10O.C4H8O2.C4H8O.C4H4O/c1-3-7-11(8-4-1)13-12-9-5-2-6-10-12;1-7(2,3)9-8(4,5)6;1-5-3-2-4-6-5;1-2-4-6-5-3-1;2*1-2-4-5-3-1/h1-10H;1-6H3;5H,2-4H2,1H3;1-4H2;1-4H2;1-4H. The predicted octanol–water partition coefficient (Wildman–Crippen LogP) is 10.1. The Morgan fingerprint density at radius 3 is 1.23 bits per heavy atom. The summed E-state index contributed by atoms with van der Waals surface area (Å²) in [6, 6.07) is 23.2. The molecule has 7 nitrogen and oxygen atoms in total. The van der Waals surface area contributed by atoms with Crippen molar-refractivity contribution < 1.29 is 33.1 Å². The molecule has 0 aliphatic carbocycles. The lowest BCUT2D eigenvalue weighted by atomic mass is 10.1. The van der Waals surface area contributed by atoms with E-state index in [4.69, 9.17) is 18.9 Å². The molecule has 0 spiro atoms. The monoisotopic (exact) mass is 614 g/mol. The maximum atomic E-state index is 5.62. The van der Waals surface area contributed by atoms with E-state index in [1.165, 1.54) is 25.7 Å². The molecule has 3 aliphatic heterocycles. The number of benzene rings is 2. The van der Waals surface area contributed by atoms with Crippen molar-refractivity contribution >= 4 is 0 Å². The van der Waals surface area contributed by atoms with Gasteiger partial charge in [-0.3, -0.25) is 0 Å². The number of para-hydroxylation sites is 2. The van der Waals surface area contributed by atoms with Gasteiger partial charge in [0.1, 0.15) is 11.5 Å². The first-order valence-corrected chi connectivity index (χ1v) is 15.9. The van der Waals surface area contributed by atoms with E-state index in [1.54, 1.807) is 12.5 Å². The molecule has 2 aromatic carbocycles. The van der Waals surface area contributed by atoms with Crippen LogP contribution in [0, 0.1) is 0 Å². The lowest BCUT2D eigenvalue weighted by molar-refractivity contribution is -0.312. The molecule has 0 bridgehead atoms. The zero-order valence-corrected chi connectivity index (χ0v) is 28.3. The summed E-state index contributed by atoms with van der Waals surface area (Å²) in [4.78, 5) is 9.14. The van der Waals surface area contributed by atoms with Gasteiger partial charge in [0.2, 0.25) is 0 Å². The smallest absolute Gasteiger partial charge is 0.127 e. The van der Waals surface area contributed by atoms with Gasteiger partial charge in [0.15, 0.2) is 0 Å². The van der Waals surface area contributed by atoms with Crippen molar-refractivity contribution in [2.75, 3.05) is 33.0 Å². The van der Waals surface area contributed by atoms with Gasteiger partial charge >= 0.3 is 0 Å². The van der Waals surface area contributed by atoms with E-state index in [1.807, 2.05) is 72.8 Å². The van der Waals surface area contributed by atoms with Gasteiger partial charge in [0, 0.05) is 19.8 Å². The van der Waals surface area contributed by atoms with Gasteiger partial charge in [-0.05, 0) is 123 Å². The zero-order chi connectivity index (χ0) is 32.4. The third kappa shape index (κ3) is 26.9. The van der Waals surface area contributed by atoms with Crippen LogP contribution in [-0.2, 0) is 24.0 Å². The van der Waals surface area contributed by atoms with Gasteiger partial charge in [-0.2, -0.15) is 0 Å². The first-order valence-electron chi connectivity index (χ1n) is 15.9. The SMILES string of the molecule is C1CCOC1.C1CCOOC1.CC(C)(C)OC(C)(C)C.CC1CCCO1.c1ccc(Oc2ccccc2)cc1.c1ccoc1. The van der Waals surface area contributed by atoms with Gasteiger partial charge < -0.3 is 23.4 Å². The molecule has 0 N–H and O–H groups in total. The van der Waals surface area contributed by atoms with Crippen LogP contribution >= 0.6 is 0 Å². The number of hydrogen-bond donors (Lipinski definition) is 0. The first-order chi connectivity index (χ1) is 21.1. The van der Waals surface area contributed by atoms with E-state index in [0.29, 0.717) is 6.10 Å². The number of ether oxygens (including phenoxy) is 4. The van der Waals surface area contributed by atoms with Crippen LogP contribution in [0.25, 0.3) is 0 Å². The fraction of sp³-hybridized carbons (Fsp3) is 0.568. The van der Waals surface area contributed by atoms with Crippen LogP contribution in [0.2, 0.25) is 0 Å². The molecular weight excluding hydrogens is 556 g/mol. The van der Waals surface area contributed by atoms with Gasteiger partial charge in [-0.1, -0.05) is 36.4 Å². The number of furan rings is 1. The van der Waals surface area contributed by atoms with Crippen LogP contribution in [-0.4, -0.2) is 50.3 Å². The van der Waals surface area contributed by atoms with Crippen molar-refractivity contribution in [3.8, 4) is 11.5 Å². The molecule has 7 heteroatoms. The molecule has 4 heterocycles. The summed E-state index contributed by atoms with van der Waals surface area (Å²) >= 11 is 0. The second-order valence-electron chi connectivity index (χ2n) is 12.3. The summed E-state index contributed by atoms with van der Waals surface area (Å²) in [6.07, 6.45) is 11.2. The van der Waals surface area contributed by atoms with Gasteiger partial charge in [-0.15, -0.1) is 0 Å². The lowest BCUT2D eigenvalue weighted by Gasteiger charge is -2.30. The Morgan fingerprint density at radius 1 is 0.568 bits per heavy atom. The van der Waals surface area contributed by atoms with Crippen molar-refractivity contribution in [3.05, 3.63) is 85.3 Å². The summed E-state index contributed by atoms with van der Waals surface area (Å²) in [5.74, 6) is 1.74. The molecule has 248 valence electrons. The quantitative estimate of drug-likeness (QED) is 0.266. The molecule has 0 radical (unpaired) electrons. The minimum absolute atomic E-state index is 0.0156. The molecule has 1 atom stereocenters. The van der Waals surface area contributed by atoms with E-state index in [9.17, 15) is 0 Å². The molecule has 3 saturated heterocycles. The second kappa shape index (κ2) is 24.6. The number of rotatable bonds is 2. The summed E-state index contributed by atoms with van der Waals surface area (Å²) in [6.45, 7) is 19.1. The Morgan fingerprint density at radius 2 is 1.02 bits per heavy atom. The molecule has 0 amide bonds.